The summed E-state index contributed by atoms with van der Waals surface area (Å²) in [5, 5.41) is 28.0. The summed E-state index contributed by atoms with van der Waals surface area (Å²) in [4.78, 5) is 25.9. The van der Waals surface area contributed by atoms with Gasteiger partial charge in [0.15, 0.2) is 20.8 Å². The maximum absolute atomic E-state index is 12.4. The number of anilines is 1. The highest BCUT2D eigenvalue weighted by molar-refractivity contribution is 14.1. The Morgan fingerprint density at radius 3 is 2.94 bits per heavy atom. The summed E-state index contributed by atoms with van der Waals surface area (Å²) in [6.45, 7) is 0.503. The summed E-state index contributed by atoms with van der Waals surface area (Å²) in [5.41, 5.74) is 1.14. The maximum atomic E-state index is 12.4. The van der Waals surface area contributed by atoms with Gasteiger partial charge in [0.05, 0.1) is 23.9 Å². The van der Waals surface area contributed by atoms with E-state index in [1.165, 1.54) is 0 Å². The second-order valence-electron chi connectivity index (χ2n) is 8.00. The standard InChI is InChI=1S/C20H20ClIN6O3/c1-23-18(31)20-6-11(20)13(14(29)15(20)30)28-8-25-12-16(26-19(22)27-17(12)28)24-7-9-3-2-4-10(21)5-9/h2-5,8,11,13-15,29-30H,6-7H2,1H3,(H,23,31)(H,24,26,27). The third-order valence-electron chi connectivity index (χ3n) is 6.39. The Bertz CT molecular complexity index is 1190. The van der Waals surface area contributed by atoms with Crippen molar-refractivity contribution in [3.63, 3.8) is 0 Å². The molecule has 9 nitrogen and oxygen atoms in total. The number of carbonyl (C=O) groups excluding carboxylic acids is 1. The number of aromatic nitrogens is 4. The highest BCUT2D eigenvalue weighted by Gasteiger charge is 2.75. The van der Waals surface area contributed by atoms with E-state index in [4.69, 9.17) is 11.6 Å². The first-order valence-electron chi connectivity index (χ1n) is 9.83. The van der Waals surface area contributed by atoms with Gasteiger partial charge < -0.3 is 25.4 Å². The number of aliphatic hydroxyl groups excluding tert-OH is 2. The molecule has 1 aromatic carbocycles. The zero-order chi connectivity index (χ0) is 21.9. The molecule has 0 saturated heterocycles. The van der Waals surface area contributed by atoms with E-state index >= 15 is 0 Å². The SMILES string of the molecule is CNC(=O)C12CC1C(n1cnc3c(NCc4cccc(Cl)c4)nc(I)nc31)C(O)C2O. The Hall–Kier alpha value is -2.02. The van der Waals surface area contributed by atoms with Gasteiger partial charge in [-0.2, -0.15) is 0 Å². The highest BCUT2D eigenvalue weighted by atomic mass is 127. The Morgan fingerprint density at radius 1 is 1.39 bits per heavy atom. The highest BCUT2D eigenvalue weighted by Crippen LogP contribution is 2.67. The average Bonchev–Trinajstić information content (AvgIpc) is 3.29. The minimum Gasteiger partial charge on any atom is -0.389 e. The first-order valence-corrected chi connectivity index (χ1v) is 11.3. The van der Waals surface area contributed by atoms with Gasteiger partial charge in [-0.1, -0.05) is 23.7 Å². The zero-order valence-corrected chi connectivity index (χ0v) is 19.4. The molecule has 2 aliphatic rings. The van der Waals surface area contributed by atoms with Crippen molar-refractivity contribution in [1.29, 1.82) is 0 Å². The Labute approximate surface area is 196 Å². The third-order valence-corrected chi connectivity index (χ3v) is 7.10. The van der Waals surface area contributed by atoms with Gasteiger partial charge in [0.25, 0.3) is 0 Å². The number of benzene rings is 1. The van der Waals surface area contributed by atoms with Crippen LogP contribution in [0.5, 0.6) is 0 Å². The maximum Gasteiger partial charge on any atom is 0.229 e. The molecule has 1 amide bonds. The number of imidazole rings is 1. The number of aliphatic hydroxyl groups is 2. The van der Waals surface area contributed by atoms with Crippen molar-refractivity contribution < 1.29 is 15.0 Å². The second kappa shape index (κ2) is 7.54. The summed E-state index contributed by atoms with van der Waals surface area (Å²) < 4.78 is 2.28. The fraction of sp³-hybridized carbons (Fsp3) is 0.400. The molecule has 0 radical (unpaired) electrons. The van der Waals surface area contributed by atoms with Crippen LogP contribution in [0.2, 0.25) is 5.02 Å². The molecule has 2 aromatic heterocycles. The van der Waals surface area contributed by atoms with Crippen LogP contribution in [0.15, 0.2) is 30.6 Å². The largest absolute Gasteiger partial charge is 0.389 e. The van der Waals surface area contributed by atoms with E-state index in [-0.39, 0.29) is 11.8 Å². The van der Waals surface area contributed by atoms with Crippen molar-refractivity contribution in [2.75, 3.05) is 12.4 Å². The normalized spacial score (nSPS) is 29.1. The number of hydrogen-bond acceptors (Lipinski definition) is 7. The number of halogens is 2. The predicted molar refractivity (Wildman–Crippen MR) is 122 cm³/mol. The van der Waals surface area contributed by atoms with Crippen LogP contribution in [0.4, 0.5) is 5.82 Å². The van der Waals surface area contributed by atoms with Crippen LogP contribution in [0.1, 0.15) is 18.0 Å². The fourth-order valence-corrected chi connectivity index (χ4v) is 5.53. The van der Waals surface area contributed by atoms with Crippen LogP contribution < -0.4 is 10.6 Å². The number of nitrogens with one attached hydrogen (secondary N) is 2. The molecule has 0 aliphatic heterocycles. The molecular formula is C20H20ClIN6O3. The monoisotopic (exact) mass is 554 g/mol. The smallest absolute Gasteiger partial charge is 0.229 e. The van der Waals surface area contributed by atoms with E-state index in [0.29, 0.717) is 38.8 Å². The van der Waals surface area contributed by atoms with Crippen molar-refractivity contribution >= 4 is 57.1 Å². The van der Waals surface area contributed by atoms with Gasteiger partial charge in [0, 0.05) is 47.1 Å². The van der Waals surface area contributed by atoms with Crippen molar-refractivity contribution in [1.82, 2.24) is 24.8 Å². The number of nitrogens with zero attached hydrogens (tertiary/aromatic N) is 4. The topological polar surface area (TPSA) is 125 Å². The molecule has 11 heteroatoms. The average molecular weight is 555 g/mol. The van der Waals surface area contributed by atoms with Gasteiger partial charge >= 0.3 is 0 Å². The second-order valence-corrected chi connectivity index (χ2v) is 9.41. The van der Waals surface area contributed by atoms with E-state index in [9.17, 15) is 15.0 Å². The van der Waals surface area contributed by atoms with Crippen molar-refractivity contribution in [3.05, 3.63) is 45.0 Å². The molecule has 162 valence electrons. The summed E-state index contributed by atoms with van der Waals surface area (Å²) >= 11 is 8.10. The zero-order valence-electron chi connectivity index (χ0n) is 16.5. The molecule has 0 bridgehead atoms. The van der Waals surface area contributed by atoms with Crippen LogP contribution in [0.25, 0.3) is 11.2 Å². The lowest BCUT2D eigenvalue weighted by molar-refractivity contribution is -0.132. The van der Waals surface area contributed by atoms with Gasteiger partial charge in [0.2, 0.25) is 5.91 Å². The quantitative estimate of drug-likeness (QED) is 0.280. The predicted octanol–water partition coefficient (Wildman–Crippen LogP) is 1.73. The van der Waals surface area contributed by atoms with Crippen LogP contribution >= 0.6 is 34.2 Å². The Balaban J connectivity index is 1.49. The molecule has 2 fully saturated rings. The lowest BCUT2D eigenvalue weighted by atomic mass is 9.98. The molecule has 0 spiro atoms. The fourth-order valence-electron chi connectivity index (χ4n) is 4.85. The van der Waals surface area contributed by atoms with Gasteiger partial charge in [-0.05, 0) is 24.1 Å². The molecule has 5 unspecified atom stereocenters. The van der Waals surface area contributed by atoms with Crippen molar-refractivity contribution in [2.24, 2.45) is 11.3 Å². The molecule has 2 saturated carbocycles. The van der Waals surface area contributed by atoms with E-state index < -0.39 is 23.7 Å². The van der Waals surface area contributed by atoms with Gasteiger partial charge in [-0.15, -0.1) is 0 Å². The molecule has 5 rings (SSSR count). The summed E-state index contributed by atoms with van der Waals surface area (Å²) in [6.07, 6.45) is -0.124. The van der Waals surface area contributed by atoms with E-state index in [0.717, 1.165) is 5.56 Å². The lowest BCUT2D eigenvalue weighted by Gasteiger charge is -2.23. The minimum atomic E-state index is -1.14. The van der Waals surface area contributed by atoms with Gasteiger partial charge in [0.1, 0.15) is 6.10 Å². The van der Waals surface area contributed by atoms with Gasteiger partial charge in [-0.25, -0.2) is 15.0 Å². The van der Waals surface area contributed by atoms with Crippen LogP contribution in [-0.2, 0) is 11.3 Å². The third kappa shape index (κ3) is 3.19. The molecule has 5 atom stereocenters. The Morgan fingerprint density at radius 2 is 2.19 bits per heavy atom. The minimum absolute atomic E-state index is 0.189. The molecule has 3 aromatic rings. The van der Waals surface area contributed by atoms with Crippen molar-refractivity contribution in [3.8, 4) is 0 Å². The van der Waals surface area contributed by atoms with Gasteiger partial charge in [-0.3, -0.25) is 4.79 Å². The molecular weight excluding hydrogens is 535 g/mol. The molecule has 2 aliphatic carbocycles. The van der Waals surface area contributed by atoms with E-state index in [2.05, 4.69) is 25.6 Å². The molecule has 2 heterocycles. The number of carbonyl (C=O) groups is 1. The van der Waals surface area contributed by atoms with Crippen LogP contribution in [0.3, 0.4) is 0 Å². The first-order chi connectivity index (χ1) is 14.9. The number of fused-ring (bicyclic) bond motifs is 2. The summed E-state index contributed by atoms with van der Waals surface area (Å²) in [7, 11) is 1.54. The molecule has 4 N–H and O–H groups in total. The lowest BCUT2D eigenvalue weighted by Crippen LogP contribution is -2.41. The van der Waals surface area contributed by atoms with E-state index in [1.54, 1.807) is 17.9 Å². The Kier molecular flexibility index (Phi) is 5.07. The number of rotatable bonds is 5. The van der Waals surface area contributed by atoms with Crippen molar-refractivity contribution in [2.45, 2.75) is 31.2 Å². The summed E-state index contributed by atoms with van der Waals surface area (Å²) in [5.74, 6) is 0.129. The molecule has 31 heavy (non-hydrogen) atoms. The number of amides is 1. The van der Waals surface area contributed by atoms with Crippen LogP contribution in [-0.4, -0.2) is 54.9 Å². The number of hydrogen-bond donors (Lipinski definition) is 4. The van der Waals surface area contributed by atoms with Crippen LogP contribution in [0, 0.1) is 15.2 Å². The van der Waals surface area contributed by atoms with E-state index in [1.807, 2.05) is 46.9 Å². The first kappa shape index (κ1) is 20.9. The summed E-state index contributed by atoms with van der Waals surface area (Å²) in [6, 6.07) is 7.04.